The van der Waals surface area contributed by atoms with Crippen molar-refractivity contribution in [1.29, 1.82) is 0 Å². The van der Waals surface area contributed by atoms with E-state index in [1.165, 1.54) is 5.57 Å². The van der Waals surface area contributed by atoms with Crippen molar-refractivity contribution in [3.63, 3.8) is 0 Å². The van der Waals surface area contributed by atoms with Crippen molar-refractivity contribution in [2.45, 2.75) is 59.8 Å². The fraction of sp³-hybridized carbons (Fsp3) is 0.579. The van der Waals surface area contributed by atoms with Crippen molar-refractivity contribution in [2.75, 3.05) is 0 Å². The van der Waals surface area contributed by atoms with Gasteiger partial charge in [0, 0.05) is 11.8 Å². The lowest BCUT2D eigenvalue weighted by Crippen LogP contribution is -2.24. The lowest BCUT2D eigenvalue weighted by atomic mass is 9.73. The van der Waals surface area contributed by atoms with Gasteiger partial charge in [-0.3, -0.25) is 4.79 Å². The number of ketones is 1. The number of aldehydes is 1. The van der Waals surface area contributed by atoms with Gasteiger partial charge in [0.1, 0.15) is 6.29 Å². The molecule has 2 nitrogen and oxygen atoms in total. The van der Waals surface area contributed by atoms with Crippen LogP contribution >= 0.6 is 0 Å². The van der Waals surface area contributed by atoms with Crippen LogP contribution < -0.4 is 0 Å². The highest BCUT2D eigenvalue weighted by molar-refractivity contribution is 6.04. The van der Waals surface area contributed by atoms with Crippen molar-refractivity contribution in [1.82, 2.24) is 0 Å². The molecule has 0 N–H and O–H groups in total. The molecule has 1 rings (SSSR count). The van der Waals surface area contributed by atoms with E-state index in [4.69, 9.17) is 0 Å². The number of hydrogen-bond donors (Lipinski definition) is 0. The molecule has 0 aromatic carbocycles. The van der Waals surface area contributed by atoms with E-state index < -0.39 is 0 Å². The van der Waals surface area contributed by atoms with Crippen LogP contribution in [0.25, 0.3) is 0 Å². The van der Waals surface area contributed by atoms with Crippen molar-refractivity contribution in [3.05, 3.63) is 23.3 Å². The summed E-state index contributed by atoms with van der Waals surface area (Å²) < 4.78 is 0. The van der Waals surface area contributed by atoms with Crippen LogP contribution in [0, 0.1) is 23.2 Å². The van der Waals surface area contributed by atoms with Gasteiger partial charge in [-0.2, -0.15) is 0 Å². The minimum absolute atomic E-state index is 0.127. The summed E-state index contributed by atoms with van der Waals surface area (Å²) >= 11 is 0. The molecule has 0 saturated heterocycles. The normalized spacial score (nSPS) is 30.4. The summed E-state index contributed by atoms with van der Waals surface area (Å²) in [5, 5.41) is 0. The molecular formula is C19H26O2. The van der Waals surface area contributed by atoms with E-state index >= 15 is 0 Å². The topological polar surface area (TPSA) is 34.1 Å². The van der Waals surface area contributed by atoms with Crippen LogP contribution in [0.3, 0.4) is 0 Å². The largest absolute Gasteiger partial charge is 0.303 e. The zero-order valence-electron chi connectivity index (χ0n) is 13.7. The Bertz CT molecular complexity index is 513. The third kappa shape index (κ3) is 5.71. The summed E-state index contributed by atoms with van der Waals surface area (Å²) in [6, 6.07) is 0. The van der Waals surface area contributed by atoms with Gasteiger partial charge >= 0.3 is 0 Å². The summed E-state index contributed by atoms with van der Waals surface area (Å²) in [5.74, 6) is 5.96. The van der Waals surface area contributed by atoms with Crippen LogP contribution in [0.1, 0.15) is 59.8 Å². The quantitative estimate of drug-likeness (QED) is 0.336. The summed E-state index contributed by atoms with van der Waals surface area (Å²) in [4.78, 5) is 22.7. The molecule has 0 aromatic heterocycles. The Balaban J connectivity index is 3.11. The molecule has 0 radical (unpaired) electrons. The fourth-order valence-corrected chi connectivity index (χ4v) is 2.48. The molecule has 114 valence electrons. The Hall–Kier alpha value is -1.62. The Labute approximate surface area is 128 Å². The second-order valence-corrected chi connectivity index (χ2v) is 6.41. The first kappa shape index (κ1) is 17.4. The summed E-state index contributed by atoms with van der Waals surface area (Å²) in [6.07, 6.45) is 9.04. The van der Waals surface area contributed by atoms with Crippen LogP contribution in [-0.4, -0.2) is 12.1 Å². The van der Waals surface area contributed by atoms with Crippen LogP contribution in [0.5, 0.6) is 0 Å². The standard InChI is InChI=1S/C19H26O2/c1-15-6-5-7-16(2)14-18(21)9-12-19(4,11-8-15)17(3)10-13-20/h6,13-14,17H,5,7-8,10-11H2,1-4H3/b15-6+,16-14+. The Morgan fingerprint density at radius 1 is 1.33 bits per heavy atom. The van der Waals surface area contributed by atoms with Gasteiger partial charge in [0.05, 0.1) is 0 Å². The minimum atomic E-state index is -0.299. The molecule has 2 unspecified atom stereocenters. The van der Waals surface area contributed by atoms with E-state index in [2.05, 4.69) is 31.8 Å². The SMILES string of the molecule is C/C1=C\C(=O)C#CC(C)(C(C)CC=O)CC/C(C)=C/CC1. The predicted octanol–water partition coefficient (Wildman–Crippen LogP) is 4.26. The predicted molar refractivity (Wildman–Crippen MR) is 86.7 cm³/mol. The second-order valence-electron chi connectivity index (χ2n) is 6.41. The van der Waals surface area contributed by atoms with Gasteiger partial charge in [0.2, 0.25) is 5.78 Å². The van der Waals surface area contributed by atoms with Crippen molar-refractivity contribution < 1.29 is 9.59 Å². The smallest absolute Gasteiger partial charge is 0.228 e. The molecule has 0 heterocycles. The summed E-state index contributed by atoms with van der Waals surface area (Å²) in [7, 11) is 0. The third-order valence-electron chi connectivity index (χ3n) is 4.46. The van der Waals surface area contributed by atoms with Gasteiger partial charge < -0.3 is 4.79 Å². The van der Waals surface area contributed by atoms with Gasteiger partial charge in [-0.15, -0.1) is 0 Å². The van der Waals surface area contributed by atoms with E-state index in [0.29, 0.717) is 6.42 Å². The van der Waals surface area contributed by atoms with Crippen LogP contribution in [-0.2, 0) is 9.59 Å². The van der Waals surface area contributed by atoms with E-state index in [-0.39, 0.29) is 17.1 Å². The first-order chi connectivity index (χ1) is 9.87. The van der Waals surface area contributed by atoms with E-state index in [1.807, 2.05) is 13.8 Å². The molecule has 0 aliphatic heterocycles. The molecule has 0 fully saturated rings. The van der Waals surface area contributed by atoms with Gasteiger partial charge in [-0.25, -0.2) is 0 Å². The maximum atomic E-state index is 11.9. The molecule has 1 aliphatic carbocycles. The maximum absolute atomic E-state index is 11.9. The lowest BCUT2D eigenvalue weighted by molar-refractivity contribution is -0.110. The number of carbonyl (C=O) groups is 2. The molecule has 2 atom stereocenters. The second kappa shape index (κ2) is 7.98. The molecule has 0 bridgehead atoms. The molecular weight excluding hydrogens is 260 g/mol. The van der Waals surface area contributed by atoms with E-state index in [1.54, 1.807) is 6.08 Å². The molecule has 0 saturated carbocycles. The number of hydrogen-bond acceptors (Lipinski definition) is 2. The fourth-order valence-electron chi connectivity index (χ4n) is 2.48. The average molecular weight is 286 g/mol. The number of rotatable bonds is 3. The molecule has 0 amide bonds. The Kier molecular flexibility index (Phi) is 6.62. The van der Waals surface area contributed by atoms with Gasteiger partial charge in [-0.05, 0) is 64.4 Å². The molecule has 0 spiro atoms. The van der Waals surface area contributed by atoms with E-state index in [0.717, 1.165) is 37.5 Å². The zero-order chi connectivity index (χ0) is 15.9. The molecule has 21 heavy (non-hydrogen) atoms. The third-order valence-corrected chi connectivity index (χ3v) is 4.46. The number of allylic oxidation sites excluding steroid dienone is 4. The van der Waals surface area contributed by atoms with Crippen LogP contribution in [0.4, 0.5) is 0 Å². The monoisotopic (exact) mass is 286 g/mol. The Morgan fingerprint density at radius 2 is 2.05 bits per heavy atom. The number of carbonyl (C=O) groups excluding carboxylic acids is 2. The highest BCUT2D eigenvalue weighted by atomic mass is 16.1. The van der Waals surface area contributed by atoms with Crippen LogP contribution in [0.2, 0.25) is 0 Å². The van der Waals surface area contributed by atoms with Gasteiger partial charge in [-0.1, -0.05) is 30.1 Å². The minimum Gasteiger partial charge on any atom is -0.303 e. The van der Waals surface area contributed by atoms with Crippen molar-refractivity contribution >= 4 is 12.1 Å². The van der Waals surface area contributed by atoms with E-state index in [9.17, 15) is 9.59 Å². The molecule has 0 aromatic rings. The maximum Gasteiger partial charge on any atom is 0.228 e. The van der Waals surface area contributed by atoms with Crippen molar-refractivity contribution in [3.8, 4) is 11.8 Å². The lowest BCUT2D eigenvalue weighted by Gasteiger charge is -2.30. The summed E-state index contributed by atoms with van der Waals surface area (Å²) in [5.41, 5.74) is 2.13. The Morgan fingerprint density at radius 3 is 2.71 bits per heavy atom. The van der Waals surface area contributed by atoms with Crippen molar-refractivity contribution in [2.24, 2.45) is 11.3 Å². The summed E-state index contributed by atoms with van der Waals surface area (Å²) in [6.45, 7) is 8.23. The first-order valence-electron chi connectivity index (χ1n) is 7.71. The zero-order valence-corrected chi connectivity index (χ0v) is 13.7. The van der Waals surface area contributed by atoms with Gasteiger partial charge in [0.25, 0.3) is 0 Å². The first-order valence-corrected chi connectivity index (χ1v) is 7.71. The van der Waals surface area contributed by atoms with Crippen LogP contribution in [0.15, 0.2) is 23.3 Å². The van der Waals surface area contributed by atoms with Gasteiger partial charge in [0.15, 0.2) is 0 Å². The highest BCUT2D eigenvalue weighted by Gasteiger charge is 2.29. The average Bonchev–Trinajstić information content (AvgIpc) is 2.42. The molecule has 2 heteroatoms. The highest BCUT2D eigenvalue weighted by Crippen LogP contribution is 2.35. The molecule has 1 aliphatic rings.